The minimum Gasteiger partial charge on any atom is -0.494 e. The Bertz CT molecular complexity index is 503. The van der Waals surface area contributed by atoms with Gasteiger partial charge in [-0.05, 0) is 44.5 Å². The molecule has 4 nitrogen and oxygen atoms in total. The topological polar surface area (TPSA) is 58.9 Å². The monoisotopic (exact) mass is 233 g/mol. The van der Waals surface area contributed by atoms with Crippen molar-refractivity contribution in [1.82, 2.24) is 0 Å². The van der Waals surface area contributed by atoms with E-state index in [1.807, 2.05) is 26.8 Å². The van der Waals surface area contributed by atoms with Crippen LogP contribution in [-0.2, 0) is 5.41 Å². The van der Waals surface area contributed by atoms with Crippen LogP contribution in [0.3, 0.4) is 0 Å². The van der Waals surface area contributed by atoms with Gasteiger partial charge in [-0.3, -0.25) is 4.79 Å². The molecule has 0 aliphatic heterocycles. The Kier molecular flexibility index (Phi) is 2.65. The van der Waals surface area contributed by atoms with Gasteiger partial charge in [0.05, 0.1) is 6.61 Å². The highest BCUT2D eigenvalue weighted by Crippen LogP contribution is 2.38. The molecule has 0 heterocycles. The minimum absolute atomic E-state index is 0.182. The molecule has 17 heavy (non-hydrogen) atoms. The normalized spacial score (nSPS) is 19.5. The predicted molar refractivity (Wildman–Crippen MR) is 64.2 cm³/mol. The second-order valence-corrected chi connectivity index (χ2v) is 4.54. The van der Waals surface area contributed by atoms with E-state index in [4.69, 9.17) is 9.94 Å². The molecule has 0 bridgehead atoms. The standard InChI is InChI=1S/C13H15NO3/c1-4-17-8-5-6-9-10(7-8)13(2,3)12(14-16)11(9)15/h5-7,16H,4H2,1-3H3. The van der Waals surface area contributed by atoms with Crippen LogP contribution >= 0.6 is 0 Å². The van der Waals surface area contributed by atoms with Crippen LogP contribution in [0.2, 0.25) is 0 Å². The van der Waals surface area contributed by atoms with Crippen LogP contribution in [-0.4, -0.2) is 23.3 Å². The molecule has 2 rings (SSSR count). The van der Waals surface area contributed by atoms with Gasteiger partial charge in [-0.15, -0.1) is 0 Å². The SMILES string of the molecule is CCOc1ccc2c(c1)C(C)(C)C(=NO)C2=O. The molecule has 4 heteroatoms. The van der Waals surface area contributed by atoms with Crippen LogP contribution in [0.4, 0.5) is 0 Å². The average Bonchev–Trinajstić information content (AvgIpc) is 2.47. The molecule has 0 saturated carbocycles. The van der Waals surface area contributed by atoms with E-state index in [2.05, 4.69) is 5.16 Å². The van der Waals surface area contributed by atoms with Gasteiger partial charge >= 0.3 is 0 Å². The molecule has 1 aromatic rings. The largest absolute Gasteiger partial charge is 0.494 e. The molecule has 1 aliphatic rings. The fraction of sp³-hybridized carbons (Fsp3) is 0.385. The molecule has 1 aliphatic carbocycles. The Hall–Kier alpha value is -1.84. The van der Waals surface area contributed by atoms with Gasteiger partial charge in [-0.2, -0.15) is 0 Å². The highest BCUT2D eigenvalue weighted by molar-refractivity contribution is 6.52. The number of carbonyl (C=O) groups excluding carboxylic acids is 1. The molecule has 1 N–H and O–H groups in total. The van der Waals surface area contributed by atoms with Gasteiger partial charge in [0.25, 0.3) is 0 Å². The Labute approximate surface area is 99.9 Å². The van der Waals surface area contributed by atoms with E-state index < -0.39 is 5.41 Å². The van der Waals surface area contributed by atoms with Gasteiger partial charge in [0.1, 0.15) is 11.5 Å². The number of ketones is 1. The average molecular weight is 233 g/mol. The van der Waals surface area contributed by atoms with Gasteiger partial charge in [0.15, 0.2) is 0 Å². The van der Waals surface area contributed by atoms with Crippen LogP contribution in [0.25, 0.3) is 0 Å². The summed E-state index contributed by atoms with van der Waals surface area (Å²) in [6, 6.07) is 5.33. The number of oxime groups is 1. The fourth-order valence-electron chi connectivity index (χ4n) is 2.20. The number of rotatable bonds is 2. The molecule has 0 aromatic heterocycles. The maximum absolute atomic E-state index is 12.0. The smallest absolute Gasteiger partial charge is 0.211 e. The molecule has 0 amide bonds. The number of hydrogen-bond donors (Lipinski definition) is 1. The first kappa shape index (κ1) is 11.6. The quantitative estimate of drug-likeness (QED) is 0.630. The van der Waals surface area contributed by atoms with Gasteiger partial charge in [-0.1, -0.05) is 5.16 Å². The van der Waals surface area contributed by atoms with Crippen LogP contribution < -0.4 is 4.74 Å². The van der Waals surface area contributed by atoms with Crippen molar-refractivity contribution in [3.8, 4) is 5.75 Å². The maximum atomic E-state index is 12.0. The summed E-state index contributed by atoms with van der Waals surface area (Å²) in [5.74, 6) is 0.516. The molecule has 0 fully saturated rings. The van der Waals surface area contributed by atoms with E-state index in [0.29, 0.717) is 12.2 Å². The van der Waals surface area contributed by atoms with Crippen LogP contribution in [0.5, 0.6) is 5.75 Å². The maximum Gasteiger partial charge on any atom is 0.211 e. The lowest BCUT2D eigenvalue weighted by molar-refractivity contribution is 0.106. The number of benzene rings is 1. The number of ether oxygens (including phenoxy) is 1. The van der Waals surface area contributed by atoms with Crippen LogP contribution in [0, 0.1) is 0 Å². The summed E-state index contributed by atoms with van der Waals surface area (Å²) in [7, 11) is 0. The fourth-order valence-corrected chi connectivity index (χ4v) is 2.20. The number of carbonyl (C=O) groups is 1. The second-order valence-electron chi connectivity index (χ2n) is 4.54. The molecule has 90 valence electrons. The van der Waals surface area contributed by atoms with E-state index in [1.54, 1.807) is 12.1 Å². The number of Topliss-reactive ketones (excluding diaryl/α,β-unsaturated/α-hetero) is 1. The summed E-state index contributed by atoms with van der Waals surface area (Å²) in [6.07, 6.45) is 0. The first-order valence-corrected chi connectivity index (χ1v) is 5.57. The van der Waals surface area contributed by atoms with Gasteiger partial charge < -0.3 is 9.94 Å². The van der Waals surface area contributed by atoms with Crippen molar-refractivity contribution in [2.45, 2.75) is 26.2 Å². The summed E-state index contributed by atoms with van der Waals surface area (Å²) in [4.78, 5) is 12.0. The highest BCUT2D eigenvalue weighted by Gasteiger charge is 2.43. The predicted octanol–water partition coefficient (Wildman–Crippen LogP) is 2.39. The summed E-state index contributed by atoms with van der Waals surface area (Å²) in [5.41, 5.74) is 1.04. The Morgan fingerprint density at radius 1 is 1.41 bits per heavy atom. The van der Waals surface area contributed by atoms with Crippen molar-refractivity contribution in [1.29, 1.82) is 0 Å². The van der Waals surface area contributed by atoms with Crippen molar-refractivity contribution in [3.63, 3.8) is 0 Å². The number of nitrogens with zero attached hydrogens (tertiary/aromatic N) is 1. The minimum atomic E-state index is -0.575. The molecule has 0 atom stereocenters. The van der Waals surface area contributed by atoms with Crippen molar-refractivity contribution >= 4 is 11.5 Å². The first-order chi connectivity index (χ1) is 8.02. The van der Waals surface area contributed by atoms with E-state index in [0.717, 1.165) is 11.3 Å². The van der Waals surface area contributed by atoms with Gasteiger partial charge in [0, 0.05) is 11.0 Å². The molecule has 0 saturated heterocycles. The van der Waals surface area contributed by atoms with Crippen molar-refractivity contribution in [2.75, 3.05) is 6.61 Å². The van der Waals surface area contributed by atoms with Gasteiger partial charge in [-0.25, -0.2) is 0 Å². The Morgan fingerprint density at radius 3 is 2.71 bits per heavy atom. The summed E-state index contributed by atoms with van der Waals surface area (Å²) < 4.78 is 5.41. The third-order valence-electron chi connectivity index (χ3n) is 3.13. The number of fused-ring (bicyclic) bond motifs is 1. The van der Waals surface area contributed by atoms with Crippen molar-refractivity contribution < 1.29 is 14.7 Å². The molecule has 0 spiro atoms. The molecular formula is C13H15NO3. The summed E-state index contributed by atoms with van der Waals surface area (Å²) >= 11 is 0. The molecule has 0 radical (unpaired) electrons. The highest BCUT2D eigenvalue weighted by atomic mass is 16.5. The zero-order valence-corrected chi connectivity index (χ0v) is 10.2. The lowest BCUT2D eigenvalue weighted by Crippen LogP contribution is -2.27. The van der Waals surface area contributed by atoms with Gasteiger partial charge in [0.2, 0.25) is 5.78 Å². The van der Waals surface area contributed by atoms with E-state index in [-0.39, 0.29) is 11.5 Å². The molecule has 1 aromatic carbocycles. The van der Waals surface area contributed by atoms with Crippen molar-refractivity contribution in [3.05, 3.63) is 29.3 Å². The van der Waals surface area contributed by atoms with E-state index in [1.165, 1.54) is 0 Å². The number of hydrogen-bond acceptors (Lipinski definition) is 4. The molecular weight excluding hydrogens is 218 g/mol. The summed E-state index contributed by atoms with van der Waals surface area (Å²) in [6.45, 7) is 6.21. The summed E-state index contributed by atoms with van der Waals surface area (Å²) in [5, 5.41) is 12.1. The lowest BCUT2D eigenvalue weighted by atomic mass is 9.85. The first-order valence-electron chi connectivity index (χ1n) is 5.57. The zero-order chi connectivity index (χ0) is 12.6. The van der Waals surface area contributed by atoms with Crippen LogP contribution in [0.15, 0.2) is 23.4 Å². The van der Waals surface area contributed by atoms with Crippen molar-refractivity contribution in [2.24, 2.45) is 5.16 Å². The lowest BCUT2D eigenvalue weighted by Gasteiger charge is -2.18. The zero-order valence-electron chi connectivity index (χ0n) is 10.2. The second kappa shape index (κ2) is 3.87. The Morgan fingerprint density at radius 2 is 2.12 bits per heavy atom. The third kappa shape index (κ3) is 1.60. The third-order valence-corrected chi connectivity index (χ3v) is 3.13. The van der Waals surface area contributed by atoms with E-state index in [9.17, 15) is 4.79 Å². The Balaban J connectivity index is 2.58. The molecule has 0 unspecified atom stereocenters. The van der Waals surface area contributed by atoms with E-state index >= 15 is 0 Å². The van der Waals surface area contributed by atoms with Crippen LogP contribution in [0.1, 0.15) is 36.7 Å².